The van der Waals surface area contributed by atoms with Crippen molar-refractivity contribution in [3.63, 3.8) is 0 Å². The molecule has 4 heterocycles. The molecule has 2 N–H and O–H groups in total. The number of halogens is 2. The predicted molar refractivity (Wildman–Crippen MR) is 152 cm³/mol. The summed E-state index contributed by atoms with van der Waals surface area (Å²) in [5.74, 6) is -1.89. The molecule has 3 aromatic rings. The van der Waals surface area contributed by atoms with Crippen LogP contribution in [-0.4, -0.2) is 73.1 Å². The number of sulfonamides is 1. The third-order valence-electron chi connectivity index (χ3n) is 8.41. The van der Waals surface area contributed by atoms with Crippen molar-refractivity contribution in [2.45, 2.75) is 51.4 Å². The van der Waals surface area contributed by atoms with Crippen LogP contribution in [-0.2, 0) is 10.0 Å². The summed E-state index contributed by atoms with van der Waals surface area (Å²) in [6, 6.07) is 8.86. The lowest BCUT2D eigenvalue weighted by atomic mass is 9.93. The van der Waals surface area contributed by atoms with E-state index in [0.717, 1.165) is 37.2 Å². The molecule has 220 valence electrons. The minimum Gasteiger partial charge on any atom is -0.395 e. The van der Waals surface area contributed by atoms with E-state index in [1.807, 2.05) is 24.0 Å². The summed E-state index contributed by atoms with van der Waals surface area (Å²) in [6.45, 7) is 3.53. The van der Waals surface area contributed by atoms with E-state index in [1.54, 1.807) is 18.2 Å². The Balaban J connectivity index is 1.30. The van der Waals surface area contributed by atoms with Crippen molar-refractivity contribution in [2.75, 3.05) is 53.1 Å². The number of benzene rings is 1. The molecule has 3 aliphatic rings. The number of pyridine rings is 1. The largest absolute Gasteiger partial charge is 0.395 e. The van der Waals surface area contributed by atoms with Crippen molar-refractivity contribution in [3.05, 3.63) is 35.9 Å². The SMILES string of the molecule is Cc1cc(-c2noc(-c3ccc(NS(=O)(=O)CCO)cc3N3CCC4(CC3)CC4)n2)nc(N2CCC(F)(F)CC2)c1. The number of hydrogen-bond donors (Lipinski definition) is 2. The summed E-state index contributed by atoms with van der Waals surface area (Å²) >= 11 is 0. The zero-order valence-electron chi connectivity index (χ0n) is 22.9. The summed E-state index contributed by atoms with van der Waals surface area (Å²) in [4.78, 5) is 13.4. The first-order chi connectivity index (χ1) is 19.5. The molecular formula is C28H34F2N6O4S. The highest BCUT2D eigenvalue weighted by Gasteiger charge is 2.44. The molecule has 13 heteroatoms. The summed E-state index contributed by atoms with van der Waals surface area (Å²) in [7, 11) is -3.70. The molecule has 1 aliphatic carbocycles. The van der Waals surface area contributed by atoms with Gasteiger partial charge in [-0.3, -0.25) is 4.72 Å². The Labute approximate surface area is 237 Å². The van der Waals surface area contributed by atoms with E-state index in [4.69, 9.17) is 9.63 Å². The average Bonchev–Trinajstić information content (AvgIpc) is 3.48. The molecule has 0 radical (unpaired) electrons. The smallest absolute Gasteiger partial charge is 0.260 e. The first kappa shape index (κ1) is 27.8. The monoisotopic (exact) mass is 588 g/mol. The van der Waals surface area contributed by atoms with Crippen LogP contribution in [0.1, 0.15) is 44.1 Å². The normalized spacial score (nSPS) is 19.9. The van der Waals surface area contributed by atoms with E-state index in [-0.39, 0.29) is 37.6 Å². The summed E-state index contributed by atoms with van der Waals surface area (Å²) in [6.07, 6.45) is 4.23. The van der Waals surface area contributed by atoms with E-state index < -0.39 is 28.3 Å². The van der Waals surface area contributed by atoms with Crippen molar-refractivity contribution in [3.8, 4) is 23.0 Å². The molecule has 1 aromatic carbocycles. The van der Waals surface area contributed by atoms with E-state index in [1.165, 1.54) is 12.8 Å². The van der Waals surface area contributed by atoms with Gasteiger partial charge in [-0.1, -0.05) is 5.16 Å². The zero-order valence-corrected chi connectivity index (χ0v) is 23.8. The summed E-state index contributed by atoms with van der Waals surface area (Å²) < 4.78 is 60.3. The van der Waals surface area contributed by atoms with Gasteiger partial charge in [0.1, 0.15) is 11.5 Å². The zero-order chi connectivity index (χ0) is 28.8. The Morgan fingerprint density at radius 2 is 1.68 bits per heavy atom. The Morgan fingerprint density at radius 1 is 0.976 bits per heavy atom. The van der Waals surface area contributed by atoms with Crippen molar-refractivity contribution in [2.24, 2.45) is 5.41 Å². The lowest BCUT2D eigenvalue weighted by Crippen LogP contribution is -2.39. The molecule has 10 nitrogen and oxygen atoms in total. The maximum Gasteiger partial charge on any atom is 0.260 e. The van der Waals surface area contributed by atoms with Gasteiger partial charge < -0.3 is 19.4 Å². The molecule has 41 heavy (non-hydrogen) atoms. The second-order valence-corrected chi connectivity index (χ2v) is 13.4. The van der Waals surface area contributed by atoms with Crippen LogP contribution in [0.2, 0.25) is 0 Å². The standard InChI is InChI=1S/C28H34F2N6O4S/c1-19-16-22(31-24(17-19)36-12-8-28(29,30)9-13-36)25-32-26(40-33-25)21-3-2-20(34-41(38,39)15-14-37)18-23(21)35-10-6-27(4-5-27)7-11-35/h2-3,16-18,34,37H,4-15H2,1H3. The van der Waals surface area contributed by atoms with Gasteiger partial charge in [-0.25, -0.2) is 22.2 Å². The number of piperidine rings is 2. The molecule has 0 amide bonds. The van der Waals surface area contributed by atoms with Gasteiger partial charge in [-0.2, -0.15) is 4.98 Å². The van der Waals surface area contributed by atoms with Crippen LogP contribution in [0.5, 0.6) is 0 Å². The number of anilines is 3. The molecule has 0 atom stereocenters. The fraction of sp³-hybridized carbons (Fsp3) is 0.536. The lowest BCUT2D eigenvalue weighted by molar-refractivity contribution is -0.0221. The fourth-order valence-electron chi connectivity index (χ4n) is 5.71. The third kappa shape index (κ3) is 6.15. The number of aliphatic hydroxyl groups excluding tert-OH is 1. The minimum atomic E-state index is -3.70. The molecule has 1 saturated carbocycles. The van der Waals surface area contributed by atoms with Crippen molar-refractivity contribution >= 4 is 27.2 Å². The van der Waals surface area contributed by atoms with Crippen LogP contribution < -0.4 is 14.5 Å². The molecular weight excluding hydrogens is 554 g/mol. The maximum absolute atomic E-state index is 13.7. The van der Waals surface area contributed by atoms with Crippen molar-refractivity contribution in [1.29, 1.82) is 0 Å². The van der Waals surface area contributed by atoms with E-state index in [9.17, 15) is 17.2 Å². The van der Waals surface area contributed by atoms with Gasteiger partial charge in [0.05, 0.1) is 29.3 Å². The molecule has 2 aliphatic heterocycles. The van der Waals surface area contributed by atoms with Crippen molar-refractivity contribution in [1.82, 2.24) is 15.1 Å². The highest BCUT2D eigenvalue weighted by Crippen LogP contribution is 2.54. The lowest BCUT2D eigenvalue weighted by Gasteiger charge is -2.34. The molecule has 0 unspecified atom stereocenters. The topological polar surface area (TPSA) is 125 Å². The van der Waals surface area contributed by atoms with Gasteiger partial charge in [-0.05, 0) is 73.9 Å². The Morgan fingerprint density at radius 3 is 2.37 bits per heavy atom. The fourth-order valence-corrected chi connectivity index (χ4v) is 6.54. The highest BCUT2D eigenvalue weighted by molar-refractivity contribution is 7.92. The molecule has 1 spiro atoms. The Bertz CT molecular complexity index is 1520. The molecule has 2 saturated heterocycles. The second kappa shape index (κ2) is 10.5. The molecule has 2 aromatic heterocycles. The van der Waals surface area contributed by atoms with Crippen LogP contribution >= 0.6 is 0 Å². The third-order valence-corrected chi connectivity index (χ3v) is 9.68. The number of rotatable bonds is 8. The maximum atomic E-state index is 13.7. The van der Waals surface area contributed by atoms with Gasteiger partial charge >= 0.3 is 0 Å². The number of alkyl halides is 2. The number of hydrogen-bond acceptors (Lipinski definition) is 9. The van der Waals surface area contributed by atoms with Crippen LogP contribution in [0.4, 0.5) is 26.0 Å². The predicted octanol–water partition coefficient (Wildman–Crippen LogP) is 4.46. The number of aliphatic hydroxyl groups is 1. The quantitative estimate of drug-likeness (QED) is 0.393. The highest BCUT2D eigenvalue weighted by atomic mass is 32.2. The van der Waals surface area contributed by atoms with E-state index in [0.29, 0.717) is 28.2 Å². The van der Waals surface area contributed by atoms with Gasteiger partial charge in [0.15, 0.2) is 0 Å². The average molecular weight is 589 g/mol. The summed E-state index contributed by atoms with van der Waals surface area (Å²) in [5.41, 5.74) is 3.68. The molecule has 6 rings (SSSR count). The minimum absolute atomic E-state index is 0.211. The first-order valence-corrected chi connectivity index (χ1v) is 15.7. The number of aromatic nitrogens is 3. The van der Waals surface area contributed by atoms with Crippen LogP contribution in [0, 0.1) is 12.3 Å². The number of nitrogens with one attached hydrogen (secondary N) is 1. The van der Waals surface area contributed by atoms with Gasteiger partial charge in [0, 0.05) is 39.0 Å². The molecule has 0 bridgehead atoms. The first-order valence-electron chi connectivity index (χ1n) is 14.0. The Hall–Kier alpha value is -3.32. The van der Waals surface area contributed by atoms with Crippen LogP contribution in [0.3, 0.4) is 0 Å². The Kier molecular flexibility index (Phi) is 7.13. The van der Waals surface area contributed by atoms with Crippen LogP contribution in [0.25, 0.3) is 23.0 Å². The van der Waals surface area contributed by atoms with Gasteiger partial charge in [0.2, 0.25) is 15.8 Å². The van der Waals surface area contributed by atoms with Crippen LogP contribution in [0.15, 0.2) is 34.9 Å². The number of aryl methyl sites for hydroxylation is 1. The van der Waals surface area contributed by atoms with E-state index >= 15 is 0 Å². The summed E-state index contributed by atoms with van der Waals surface area (Å²) in [5, 5.41) is 13.3. The van der Waals surface area contributed by atoms with Crippen molar-refractivity contribution < 1.29 is 26.8 Å². The van der Waals surface area contributed by atoms with E-state index in [2.05, 4.69) is 24.7 Å². The molecule has 3 fully saturated rings. The second-order valence-electron chi connectivity index (χ2n) is 11.5. The van der Waals surface area contributed by atoms with Gasteiger partial charge in [0.25, 0.3) is 11.8 Å². The van der Waals surface area contributed by atoms with Gasteiger partial charge in [-0.15, -0.1) is 0 Å². The number of nitrogens with zero attached hydrogens (tertiary/aromatic N) is 5.